The third-order valence-corrected chi connectivity index (χ3v) is 1.89. The van der Waals surface area contributed by atoms with Gasteiger partial charge in [-0.2, -0.15) is 0 Å². The first kappa shape index (κ1) is 10.6. The Labute approximate surface area is 80.9 Å². The summed E-state index contributed by atoms with van der Waals surface area (Å²) < 4.78 is 38.1. The van der Waals surface area contributed by atoms with Crippen molar-refractivity contribution in [1.82, 2.24) is 0 Å². The number of carboxylic acids is 1. The van der Waals surface area contributed by atoms with Gasteiger partial charge in [0.25, 0.3) is 0 Å². The monoisotopic (exact) mass is 225 g/mol. The molecule has 0 atom stereocenters. The van der Waals surface area contributed by atoms with Gasteiger partial charge in [-0.25, -0.2) is 18.0 Å². The van der Waals surface area contributed by atoms with E-state index in [1.807, 2.05) is 0 Å². The van der Waals surface area contributed by atoms with Gasteiger partial charge >= 0.3 is 5.97 Å². The van der Waals surface area contributed by atoms with Crippen LogP contribution in [-0.4, -0.2) is 11.1 Å². The molecule has 0 amide bonds. The van der Waals surface area contributed by atoms with Crippen LogP contribution in [0, 0.1) is 17.5 Å². The van der Waals surface area contributed by atoms with E-state index < -0.39 is 39.7 Å². The van der Waals surface area contributed by atoms with Crippen LogP contribution in [0.4, 0.5) is 18.9 Å². The zero-order chi connectivity index (χ0) is 11.0. The van der Waals surface area contributed by atoms with Gasteiger partial charge in [-0.15, -0.1) is 0 Å². The lowest BCUT2D eigenvalue weighted by Gasteiger charge is -2.06. The number of nitrogens with two attached hydrogens (primary N) is 1. The predicted molar refractivity (Wildman–Crippen MR) is 42.7 cm³/mol. The molecule has 0 aromatic heterocycles. The molecule has 7 heteroatoms. The van der Waals surface area contributed by atoms with E-state index in [9.17, 15) is 18.0 Å². The quantitative estimate of drug-likeness (QED) is 0.437. The second kappa shape index (κ2) is 3.38. The Hall–Kier alpha value is -1.43. The SMILES string of the molecule is Nc1c(Cl)c(F)c(F)c(F)c1C(=O)O. The van der Waals surface area contributed by atoms with E-state index in [0.717, 1.165) is 0 Å². The van der Waals surface area contributed by atoms with E-state index in [4.69, 9.17) is 22.4 Å². The molecule has 0 aliphatic rings. The highest BCUT2D eigenvalue weighted by molar-refractivity contribution is 6.34. The third-order valence-electron chi connectivity index (χ3n) is 1.52. The summed E-state index contributed by atoms with van der Waals surface area (Å²) in [7, 11) is 0. The number of anilines is 1. The van der Waals surface area contributed by atoms with E-state index in [1.165, 1.54) is 0 Å². The number of rotatable bonds is 1. The summed E-state index contributed by atoms with van der Waals surface area (Å²) in [5.41, 5.74) is 2.98. The van der Waals surface area contributed by atoms with E-state index in [1.54, 1.807) is 0 Å². The number of aromatic carboxylic acids is 1. The highest BCUT2D eigenvalue weighted by Gasteiger charge is 2.26. The number of carboxylic acid groups (broad SMARTS) is 1. The minimum absolute atomic E-state index is 0.837. The maximum atomic E-state index is 12.8. The van der Waals surface area contributed by atoms with Crippen molar-refractivity contribution in [3.05, 3.63) is 28.0 Å². The highest BCUT2D eigenvalue weighted by Crippen LogP contribution is 2.30. The lowest BCUT2D eigenvalue weighted by Crippen LogP contribution is -2.10. The Kier molecular flexibility index (Phi) is 2.57. The summed E-state index contributed by atoms with van der Waals surface area (Å²) in [5, 5.41) is 7.48. The van der Waals surface area contributed by atoms with Gasteiger partial charge in [0.05, 0.1) is 5.69 Å². The molecular weight excluding hydrogens is 223 g/mol. The summed E-state index contributed by atoms with van der Waals surface area (Å²) in [6, 6.07) is 0. The average molecular weight is 226 g/mol. The summed E-state index contributed by atoms with van der Waals surface area (Å²) in [5.74, 6) is -7.34. The van der Waals surface area contributed by atoms with Crippen molar-refractivity contribution in [2.45, 2.75) is 0 Å². The number of carbonyl (C=O) groups is 1. The standard InChI is InChI=1S/C7H3ClF3NO2/c8-2-4(10)5(11)3(9)1(6(2)12)7(13)14/h12H2,(H,13,14). The van der Waals surface area contributed by atoms with Gasteiger partial charge in [0.1, 0.15) is 10.6 Å². The van der Waals surface area contributed by atoms with Gasteiger partial charge in [0, 0.05) is 0 Å². The molecule has 0 fully saturated rings. The molecule has 0 saturated heterocycles. The second-order valence-electron chi connectivity index (χ2n) is 2.35. The minimum atomic E-state index is -1.96. The lowest BCUT2D eigenvalue weighted by atomic mass is 10.1. The molecule has 1 aromatic rings. The fourth-order valence-corrected chi connectivity index (χ4v) is 1.04. The number of hydrogen-bond acceptors (Lipinski definition) is 2. The summed E-state index contributed by atoms with van der Waals surface area (Å²) in [6.45, 7) is 0. The largest absolute Gasteiger partial charge is 0.478 e. The zero-order valence-corrected chi connectivity index (χ0v) is 7.20. The molecule has 0 heterocycles. The van der Waals surface area contributed by atoms with Gasteiger partial charge in [-0.3, -0.25) is 0 Å². The molecule has 0 spiro atoms. The number of hydrogen-bond donors (Lipinski definition) is 2. The topological polar surface area (TPSA) is 63.3 Å². The molecule has 14 heavy (non-hydrogen) atoms. The van der Waals surface area contributed by atoms with Crippen molar-refractivity contribution in [3.8, 4) is 0 Å². The normalized spacial score (nSPS) is 10.3. The zero-order valence-electron chi connectivity index (χ0n) is 6.44. The molecule has 1 rings (SSSR count). The van der Waals surface area contributed by atoms with Gasteiger partial charge in [0.15, 0.2) is 17.5 Å². The number of benzene rings is 1. The molecule has 0 unspecified atom stereocenters. The summed E-state index contributed by atoms with van der Waals surface area (Å²) in [4.78, 5) is 10.4. The van der Waals surface area contributed by atoms with Crippen LogP contribution < -0.4 is 5.73 Å². The smallest absolute Gasteiger partial charge is 0.340 e. The predicted octanol–water partition coefficient (Wildman–Crippen LogP) is 2.04. The van der Waals surface area contributed by atoms with Crippen LogP contribution in [-0.2, 0) is 0 Å². The first-order valence-corrected chi connectivity index (χ1v) is 3.60. The molecule has 0 bridgehead atoms. The van der Waals surface area contributed by atoms with Crippen molar-refractivity contribution >= 4 is 23.3 Å². The summed E-state index contributed by atoms with van der Waals surface area (Å²) >= 11 is 5.13. The van der Waals surface area contributed by atoms with Crippen molar-refractivity contribution in [3.63, 3.8) is 0 Å². The minimum Gasteiger partial charge on any atom is -0.478 e. The van der Waals surface area contributed by atoms with Crippen LogP contribution in [0.1, 0.15) is 10.4 Å². The van der Waals surface area contributed by atoms with Crippen LogP contribution in [0.5, 0.6) is 0 Å². The molecule has 1 aromatic carbocycles. The van der Waals surface area contributed by atoms with Crippen LogP contribution in [0.2, 0.25) is 5.02 Å². The van der Waals surface area contributed by atoms with Gasteiger partial charge < -0.3 is 10.8 Å². The molecular formula is C7H3ClF3NO2. The van der Waals surface area contributed by atoms with Crippen LogP contribution in [0.15, 0.2) is 0 Å². The van der Waals surface area contributed by atoms with Crippen molar-refractivity contribution in [2.75, 3.05) is 5.73 Å². The highest BCUT2D eigenvalue weighted by atomic mass is 35.5. The average Bonchev–Trinajstić information content (AvgIpc) is 2.11. The van der Waals surface area contributed by atoms with Crippen molar-refractivity contribution < 1.29 is 23.1 Å². The van der Waals surface area contributed by atoms with E-state index in [0.29, 0.717) is 0 Å². The third kappa shape index (κ3) is 1.37. The molecule has 76 valence electrons. The Morgan fingerprint density at radius 1 is 1.21 bits per heavy atom. The van der Waals surface area contributed by atoms with E-state index >= 15 is 0 Å². The Balaban J connectivity index is 3.68. The van der Waals surface area contributed by atoms with Gasteiger partial charge in [-0.05, 0) is 0 Å². The maximum Gasteiger partial charge on any atom is 0.340 e. The summed E-state index contributed by atoms with van der Waals surface area (Å²) in [6.07, 6.45) is 0. The van der Waals surface area contributed by atoms with E-state index in [-0.39, 0.29) is 0 Å². The molecule has 3 nitrogen and oxygen atoms in total. The van der Waals surface area contributed by atoms with Crippen LogP contribution >= 0.6 is 11.6 Å². The second-order valence-corrected chi connectivity index (χ2v) is 2.73. The maximum absolute atomic E-state index is 12.8. The van der Waals surface area contributed by atoms with Crippen molar-refractivity contribution in [1.29, 1.82) is 0 Å². The Morgan fingerprint density at radius 2 is 1.71 bits per heavy atom. The van der Waals surface area contributed by atoms with Crippen molar-refractivity contribution in [2.24, 2.45) is 0 Å². The molecule has 0 aliphatic carbocycles. The Morgan fingerprint density at radius 3 is 2.14 bits per heavy atom. The van der Waals surface area contributed by atoms with Gasteiger partial charge in [-0.1, -0.05) is 11.6 Å². The molecule has 3 N–H and O–H groups in total. The number of halogens is 4. The first-order chi connectivity index (χ1) is 6.37. The Bertz CT molecular complexity index is 393. The van der Waals surface area contributed by atoms with E-state index in [2.05, 4.69) is 0 Å². The van der Waals surface area contributed by atoms with Gasteiger partial charge in [0.2, 0.25) is 0 Å². The first-order valence-electron chi connectivity index (χ1n) is 3.22. The van der Waals surface area contributed by atoms with Crippen LogP contribution in [0.3, 0.4) is 0 Å². The number of nitrogen functional groups attached to an aromatic ring is 1. The molecule has 0 saturated carbocycles. The fourth-order valence-electron chi connectivity index (χ4n) is 0.858. The molecule has 0 aliphatic heterocycles. The molecule has 0 radical (unpaired) electrons. The lowest BCUT2D eigenvalue weighted by molar-refractivity contribution is 0.0691. The fraction of sp³-hybridized carbons (Fsp3) is 0. The van der Waals surface area contributed by atoms with Crippen LogP contribution in [0.25, 0.3) is 0 Å².